The summed E-state index contributed by atoms with van der Waals surface area (Å²) in [6.07, 6.45) is 9.13. The number of aryl methyl sites for hydroxylation is 1. The van der Waals surface area contributed by atoms with Gasteiger partial charge in [0.2, 0.25) is 5.91 Å². The molecule has 26 heavy (non-hydrogen) atoms. The highest BCUT2D eigenvalue weighted by Crippen LogP contribution is 2.24. The normalized spacial score (nSPS) is 15.0. The van der Waals surface area contributed by atoms with Gasteiger partial charge >= 0.3 is 0 Å². The van der Waals surface area contributed by atoms with Gasteiger partial charge in [-0.2, -0.15) is 0 Å². The van der Waals surface area contributed by atoms with Crippen LogP contribution in [0.15, 0.2) is 54.9 Å². The van der Waals surface area contributed by atoms with Crippen LogP contribution in [0.4, 0.5) is 11.4 Å². The average Bonchev–Trinajstić information content (AvgIpc) is 2.67. The van der Waals surface area contributed by atoms with Crippen molar-refractivity contribution < 1.29 is 9.36 Å². The molecule has 1 aliphatic rings. The number of rotatable bonds is 7. The quantitative estimate of drug-likeness (QED) is 0.603. The van der Waals surface area contributed by atoms with Gasteiger partial charge in [-0.15, -0.1) is 0 Å². The average molecular weight is 353 g/mol. The molecule has 0 radical (unpaired) electrons. The van der Waals surface area contributed by atoms with Gasteiger partial charge in [0.25, 0.3) is 0 Å². The lowest BCUT2D eigenvalue weighted by atomic mass is 9.99. The highest BCUT2D eigenvalue weighted by molar-refractivity contribution is 5.90. The molecule has 1 amide bonds. The van der Waals surface area contributed by atoms with Crippen molar-refractivity contribution in [3.63, 3.8) is 0 Å². The van der Waals surface area contributed by atoms with Crippen molar-refractivity contribution in [1.29, 1.82) is 0 Å². The standard InChI is InChI=1S/C22H29N3O/c1-19-12-17-25(18-13-19)21-10-8-20(9-11-21)23-22(26)7-3-6-16-24-14-4-2-5-15-24/h2,4-5,8-11,14-15,19H,3,6-7,12-13,16-18H2,1H3/p+1. The van der Waals surface area contributed by atoms with Crippen molar-refractivity contribution in [2.24, 2.45) is 5.92 Å². The number of carbonyl (C=O) groups is 1. The van der Waals surface area contributed by atoms with Crippen LogP contribution in [0.2, 0.25) is 0 Å². The largest absolute Gasteiger partial charge is 0.372 e. The molecule has 1 aromatic heterocycles. The van der Waals surface area contributed by atoms with E-state index in [4.69, 9.17) is 0 Å². The van der Waals surface area contributed by atoms with E-state index in [0.717, 1.165) is 44.1 Å². The fourth-order valence-electron chi connectivity index (χ4n) is 3.41. The Bertz CT molecular complexity index is 676. The lowest BCUT2D eigenvalue weighted by Gasteiger charge is -2.32. The number of unbranched alkanes of at least 4 members (excludes halogenated alkanes) is 1. The minimum absolute atomic E-state index is 0.0996. The number of nitrogens with one attached hydrogen (secondary N) is 1. The Kier molecular flexibility index (Phi) is 6.64. The number of nitrogens with zero attached hydrogens (tertiary/aromatic N) is 2. The monoisotopic (exact) mass is 352 g/mol. The van der Waals surface area contributed by atoms with Crippen LogP contribution in [0.1, 0.15) is 39.0 Å². The molecule has 0 saturated carbocycles. The molecule has 4 heteroatoms. The molecule has 1 saturated heterocycles. The van der Waals surface area contributed by atoms with Gasteiger partial charge in [-0.25, -0.2) is 4.57 Å². The number of benzene rings is 1. The SMILES string of the molecule is CC1CCN(c2ccc(NC(=O)CCCC[n+]3ccccc3)cc2)CC1. The zero-order valence-corrected chi connectivity index (χ0v) is 15.7. The maximum atomic E-state index is 12.1. The predicted octanol–water partition coefficient (Wildman–Crippen LogP) is 4.02. The summed E-state index contributed by atoms with van der Waals surface area (Å²) >= 11 is 0. The van der Waals surface area contributed by atoms with Crippen molar-refractivity contribution in [3.05, 3.63) is 54.9 Å². The van der Waals surface area contributed by atoms with Gasteiger partial charge in [-0.3, -0.25) is 4.79 Å². The van der Waals surface area contributed by atoms with E-state index in [-0.39, 0.29) is 5.91 Å². The molecule has 0 bridgehead atoms. The summed E-state index contributed by atoms with van der Waals surface area (Å²) in [4.78, 5) is 14.6. The van der Waals surface area contributed by atoms with E-state index in [1.54, 1.807) is 0 Å². The number of aromatic nitrogens is 1. The zero-order valence-electron chi connectivity index (χ0n) is 15.7. The van der Waals surface area contributed by atoms with Gasteiger partial charge in [0.05, 0.1) is 0 Å². The highest BCUT2D eigenvalue weighted by atomic mass is 16.1. The Balaban J connectivity index is 1.38. The number of carbonyl (C=O) groups excluding carboxylic acids is 1. The van der Waals surface area contributed by atoms with Crippen LogP contribution >= 0.6 is 0 Å². The second-order valence-corrected chi connectivity index (χ2v) is 7.34. The molecule has 0 unspecified atom stereocenters. The summed E-state index contributed by atoms with van der Waals surface area (Å²) in [5.74, 6) is 0.938. The topological polar surface area (TPSA) is 36.2 Å². The maximum Gasteiger partial charge on any atom is 0.224 e. The molecule has 1 aliphatic heterocycles. The van der Waals surface area contributed by atoms with Crippen LogP contribution in [0.3, 0.4) is 0 Å². The van der Waals surface area contributed by atoms with Gasteiger partial charge in [0, 0.05) is 49.4 Å². The predicted molar refractivity (Wildman–Crippen MR) is 106 cm³/mol. The Morgan fingerprint density at radius 1 is 1.08 bits per heavy atom. The number of hydrogen-bond donors (Lipinski definition) is 1. The lowest BCUT2D eigenvalue weighted by Crippen LogP contribution is -2.32. The minimum Gasteiger partial charge on any atom is -0.372 e. The number of amides is 1. The van der Waals surface area contributed by atoms with E-state index in [1.807, 2.05) is 30.3 Å². The first-order chi connectivity index (χ1) is 12.7. The van der Waals surface area contributed by atoms with Crippen LogP contribution in [0.5, 0.6) is 0 Å². The third kappa shape index (κ3) is 5.58. The van der Waals surface area contributed by atoms with Gasteiger partial charge in [-0.05, 0) is 49.4 Å². The molecule has 3 rings (SSSR count). The van der Waals surface area contributed by atoms with Gasteiger partial charge < -0.3 is 10.2 Å². The first kappa shape index (κ1) is 18.4. The molecule has 0 aliphatic carbocycles. The Morgan fingerprint density at radius 3 is 2.46 bits per heavy atom. The van der Waals surface area contributed by atoms with E-state index in [9.17, 15) is 4.79 Å². The second kappa shape index (κ2) is 9.37. The summed E-state index contributed by atoms with van der Waals surface area (Å²) in [5.41, 5.74) is 2.15. The summed E-state index contributed by atoms with van der Waals surface area (Å²) in [6, 6.07) is 14.4. The number of anilines is 2. The summed E-state index contributed by atoms with van der Waals surface area (Å²) in [7, 11) is 0. The molecular weight excluding hydrogens is 322 g/mol. The van der Waals surface area contributed by atoms with E-state index >= 15 is 0 Å². The second-order valence-electron chi connectivity index (χ2n) is 7.34. The molecule has 1 N–H and O–H groups in total. The summed E-state index contributed by atoms with van der Waals surface area (Å²) in [6.45, 7) is 5.55. The summed E-state index contributed by atoms with van der Waals surface area (Å²) in [5, 5.41) is 3.01. The Labute approximate surface area is 156 Å². The molecule has 0 spiro atoms. The maximum absolute atomic E-state index is 12.1. The van der Waals surface area contributed by atoms with Crippen LogP contribution in [0, 0.1) is 5.92 Å². The van der Waals surface area contributed by atoms with Crippen LogP contribution in [-0.2, 0) is 11.3 Å². The molecule has 2 aromatic rings. The highest BCUT2D eigenvalue weighted by Gasteiger charge is 2.15. The molecule has 4 nitrogen and oxygen atoms in total. The van der Waals surface area contributed by atoms with Crippen LogP contribution in [-0.4, -0.2) is 19.0 Å². The molecule has 1 aromatic carbocycles. The van der Waals surface area contributed by atoms with Crippen LogP contribution in [0.25, 0.3) is 0 Å². The Hall–Kier alpha value is -2.36. The van der Waals surface area contributed by atoms with Crippen LogP contribution < -0.4 is 14.8 Å². The van der Waals surface area contributed by atoms with E-state index in [2.05, 4.69) is 46.2 Å². The lowest BCUT2D eigenvalue weighted by molar-refractivity contribution is -0.697. The zero-order chi connectivity index (χ0) is 18.2. The first-order valence-corrected chi connectivity index (χ1v) is 9.79. The van der Waals surface area contributed by atoms with Crippen molar-refractivity contribution in [2.75, 3.05) is 23.3 Å². The third-order valence-electron chi connectivity index (χ3n) is 5.15. The number of hydrogen-bond acceptors (Lipinski definition) is 2. The van der Waals surface area contributed by atoms with Gasteiger partial charge in [0.15, 0.2) is 12.4 Å². The molecule has 138 valence electrons. The molecule has 2 heterocycles. The van der Waals surface area contributed by atoms with Gasteiger partial charge in [-0.1, -0.05) is 13.0 Å². The minimum atomic E-state index is 0.0996. The smallest absolute Gasteiger partial charge is 0.224 e. The Morgan fingerprint density at radius 2 is 1.77 bits per heavy atom. The van der Waals surface area contributed by atoms with E-state index in [0.29, 0.717) is 6.42 Å². The summed E-state index contributed by atoms with van der Waals surface area (Å²) < 4.78 is 2.15. The van der Waals surface area contributed by atoms with E-state index < -0.39 is 0 Å². The van der Waals surface area contributed by atoms with Gasteiger partial charge in [0.1, 0.15) is 6.54 Å². The third-order valence-corrected chi connectivity index (χ3v) is 5.15. The number of pyridine rings is 1. The fraction of sp³-hybridized carbons (Fsp3) is 0.455. The molecule has 1 fully saturated rings. The van der Waals surface area contributed by atoms with Crippen molar-refractivity contribution in [3.8, 4) is 0 Å². The molecular formula is C22H30N3O+. The van der Waals surface area contributed by atoms with Crippen molar-refractivity contribution in [2.45, 2.75) is 45.6 Å². The molecule has 0 atom stereocenters. The van der Waals surface area contributed by atoms with Crippen molar-refractivity contribution >= 4 is 17.3 Å². The number of piperidine rings is 1. The fourth-order valence-corrected chi connectivity index (χ4v) is 3.41. The first-order valence-electron chi connectivity index (χ1n) is 9.79. The van der Waals surface area contributed by atoms with Crippen molar-refractivity contribution in [1.82, 2.24) is 0 Å². The van der Waals surface area contributed by atoms with E-state index in [1.165, 1.54) is 18.5 Å².